The maximum absolute atomic E-state index is 12.6. The number of halogens is 1. The van der Waals surface area contributed by atoms with E-state index in [0.717, 1.165) is 9.86 Å². The Bertz CT molecular complexity index is 739. The average Bonchev–Trinajstić information content (AvgIpc) is 2.50. The van der Waals surface area contributed by atoms with Crippen LogP contribution in [0, 0.1) is 0 Å². The Balaban J connectivity index is 2.58. The van der Waals surface area contributed by atoms with Crippen LogP contribution in [-0.4, -0.2) is 22.7 Å². The van der Waals surface area contributed by atoms with Crippen LogP contribution >= 0.6 is 15.9 Å². The lowest BCUT2D eigenvalue weighted by molar-refractivity contribution is -0.124. The zero-order valence-electron chi connectivity index (χ0n) is 11.7. The van der Waals surface area contributed by atoms with Crippen molar-refractivity contribution >= 4 is 32.6 Å². The lowest BCUT2D eigenvalue weighted by atomic mass is 10.1. The first kappa shape index (κ1) is 15.4. The highest BCUT2D eigenvalue weighted by atomic mass is 79.9. The summed E-state index contributed by atoms with van der Waals surface area (Å²) in [5, 5.41) is 8.01. The van der Waals surface area contributed by atoms with Gasteiger partial charge in [0, 0.05) is 16.9 Å². The van der Waals surface area contributed by atoms with Crippen molar-refractivity contribution in [3.63, 3.8) is 0 Å². The van der Waals surface area contributed by atoms with Gasteiger partial charge in [-0.15, -0.1) is 6.58 Å². The van der Waals surface area contributed by atoms with Gasteiger partial charge < -0.3 is 5.32 Å². The number of aromatic nitrogens is 2. The van der Waals surface area contributed by atoms with Crippen molar-refractivity contribution in [2.24, 2.45) is 0 Å². The van der Waals surface area contributed by atoms with Crippen LogP contribution < -0.4 is 10.9 Å². The van der Waals surface area contributed by atoms with Gasteiger partial charge in [0.25, 0.3) is 5.56 Å². The molecule has 1 amide bonds. The van der Waals surface area contributed by atoms with Gasteiger partial charge in [-0.2, -0.15) is 5.10 Å². The highest BCUT2D eigenvalue weighted by molar-refractivity contribution is 9.10. The summed E-state index contributed by atoms with van der Waals surface area (Å²) in [5.41, 5.74) is -0.272. The summed E-state index contributed by atoms with van der Waals surface area (Å²) in [6, 6.07) is 4.73. The van der Waals surface area contributed by atoms with Crippen LogP contribution in [0.15, 0.2) is 46.3 Å². The third kappa shape index (κ3) is 3.05. The quantitative estimate of drug-likeness (QED) is 0.843. The summed E-state index contributed by atoms with van der Waals surface area (Å²) in [5.74, 6) is -0.235. The molecular weight excluding hydrogens is 334 g/mol. The van der Waals surface area contributed by atoms with Crippen LogP contribution in [0.25, 0.3) is 10.8 Å². The zero-order valence-corrected chi connectivity index (χ0v) is 13.3. The van der Waals surface area contributed by atoms with E-state index in [1.807, 2.05) is 6.07 Å². The molecule has 6 heteroatoms. The van der Waals surface area contributed by atoms with E-state index >= 15 is 0 Å². The first-order valence-electron chi connectivity index (χ1n) is 6.58. The number of likely N-dealkylation sites (N-methyl/N-ethyl adjacent to an activating group) is 1. The maximum Gasteiger partial charge on any atom is 0.275 e. The minimum Gasteiger partial charge on any atom is -0.357 e. The SMILES string of the molecule is C=CCCC(C(=O)NC)n1ncc2c(Br)cccc2c1=O. The number of carbonyl (C=O) groups is 1. The van der Waals surface area contributed by atoms with Crippen LogP contribution in [0.4, 0.5) is 0 Å². The molecule has 1 heterocycles. The molecule has 1 aromatic carbocycles. The molecule has 110 valence electrons. The predicted molar refractivity (Wildman–Crippen MR) is 86.2 cm³/mol. The van der Waals surface area contributed by atoms with E-state index in [4.69, 9.17) is 0 Å². The normalized spacial score (nSPS) is 12.1. The van der Waals surface area contributed by atoms with Crippen LogP contribution in [0.1, 0.15) is 18.9 Å². The van der Waals surface area contributed by atoms with E-state index in [-0.39, 0.29) is 11.5 Å². The molecule has 0 aliphatic carbocycles. The molecule has 5 nitrogen and oxygen atoms in total. The molecule has 0 aliphatic rings. The molecule has 0 aliphatic heterocycles. The number of hydrogen-bond acceptors (Lipinski definition) is 3. The fourth-order valence-corrected chi connectivity index (χ4v) is 2.65. The van der Waals surface area contributed by atoms with E-state index in [2.05, 4.69) is 32.9 Å². The Morgan fingerprint density at radius 3 is 2.95 bits per heavy atom. The first-order valence-corrected chi connectivity index (χ1v) is 7.38. The number of benzene rings is 1. The molecule has 0 bridgehead atoms. The average molecular weight is 350 g/mol. The molecule has 1 atom stereocenters. The van der Waals surface area contributed by atoms with E-state index < -0.39 is 6.04 Å². The van der Waals surface area contributed by atoms with Crippen molar-refractivity contribution in [3.8, 4) is 0 Å². The molecule has 0 saturated carbocycles. The van der Waals surface area contributed by atoms with Crippen LogP contribution in [0.3, 0.4) is 0 Å². The van der Waals surface area contributed by atoms with Gasteiger partial charge in [0.15, 0.2) is 0 Å². The molecule has 1 unspecified atom stereocenters. The van der Waals surface area contributed by atoms with Gasteiger partial charge in [-0.1, -0.05) is 28.1 Å². The number of amides is 1. The van der Waals surface area contributed by atoms with Gasteiger partial charge >= 0.3 is 0 Å². The summed E-state index contributed by atoms with van der Waals surface area (Å²) in [7, 11) is 1.55. The Morgan fingerprint density at radius 1 is 1.52 bits per heavy atom. The van der Waals surface area contributed by atoms with Gasteiger partial charge in [0.2, 0.25) is 5.91 Å². The van der Waals surface area contributed by atoms with Crippen molar-refractivity contribution in [2.75, 3.05) is 7.05 Å². The molecular formula is C15H16BrN3O2. The van der Waals surface area contributed by atoms with Crippen LogP contribution in [0.2, 0.25) is 0 Å². The molecule has 21 heavy (non-hydrogen) atoms. The van der Waals surface area contributed by atoms with Crippen LogP contribution in [0.5, 0.6) is 0 Å². The van der Waals surface area contributed by atoms with Crippen molar-refractivity contribution in [2.45, 2.75) is 18.9 Å². The largest absolute Gasteiger partial charge is 0.357 e. The number of fused-ring (bicyclic) bond motifs is 1. The summed E-state index contributed by atoms with van der Waals surface area (Å²) in [6.07, 6.45) is 4.43. The molecule has 0 radical (unpaired) electrons. The van der Waals surface area contributed by atoms with E-state index in [1.54, 1.807) is 31.5 Å². The second-order valence-corrected chi connectivity index (χ2v) is 5.45. The number of allylic oxidation sites excluding steroid dienone is 1. The second kappa shape index (κ2) is 6.67. The number of rotatable bonds is 5. The van der Waals surface area contributed by atoms with E-state index in [0.29, 0.717) is 18.2 Å². The zero-order chi connectivity index (χ0) is 15.4. The molecule has 0 spiro atoms. The molecule has 2 aromatic rings. The van der Waals surface area contributed by atoms with Gasteiger partial charge in [0.05, 0.1) is 11.6 Å². The highest BCUT2D eigenvalue weighted by Gasteiger charge is 2.21. The van der Waals surface area contributed by atoms with E-state index in [9.17, 15) is 9.59 Å². The minimum absolute atomic E-state index is 0.235. The van der Waals surface area contributed by atoms with E-state index in [1.165, 1.54) is 4.68 Å². The minimum atomic E-state index is -0.635. The molecule has 1 N–H and O–H groups in total. The highest BCUT2D eigenvalue weighted by Crippen LogP contribution is 2.21. The van der Waals surface area contributed by atoms with Gasteiger partial charge in [0.1, 0.15) is 6.04 Å². The molecule has 1 aromatic heterocycles. The number of hydrogen-bond donors (Lipinski definition) is 1. The Hall–Kier alpha value is -1.95. The lowest BCUT2D eigenvalue weighted by Crippen LogP contribution is -2.37. The monoisotopic (exact) mass is 349 g/mol. The summed E-state index contributed by atoms with van der Waals surface area (Å²) in [6.45, 7) is 3.65. The van der Waals surface area contributed by atoms with Gasteiger partial charge in [-0.05, 0) is 25.0 Å². The second-order valence-electron chi connectivity index (χ2n) is 4.59. The van der Waals surface area contributed by atoms with Crippen LogP contribution in [-0.2, 0) is 4.79 Å². The van der Waals surface area contributed by atoms with Gasteiger partial charge in [-0.3, -0.25) is 9.59 Å². The van der Waals surface area contributed by atoms with Crippen molar-refractivity contribution < 1.29 is 4.79 Å². The smallest absolute Gasteiger partial charge is 0.275 e. The third-order valence-corrected chi connectivity index (χ3v) is 3.98. The van der Waals surface area contributed by atoms with Crippen molar-refractivity contribution in [1.82, 2.24) is 15.1 Å². The number of carbonyl (C=O) groups excluding carboxylic acids is 1. The summed E-state index contributed by atoms with van der Waals surface area (Å²) in [4.78, 5) is 24.6. The van der Waals surface area contributed by atoms with Crippen molar-refractivity contribution in [1.29, 1.82) is 0 Å². The Kier molecular flexibility index (Phi) is 4.90. The maximum atomic E-state index is 12.6. The fraction of sp³-hybridized carbons (Fsp3) is 0.267. The van der Waals surface area contributed by atoms with Gasteiger partial charge in [-0.25, -0.2) is 4.68 Å². The molecule has 0 fully saturated rings. The predicted octanol–water partition coefficient (Wildman–Crippen LogP) is 2.41. The Labute approximate surface area is 130 Å². The van der Waals surface area contributed by atoms with Crippen molar-refractivity contribution in [3.05, 3.63) is 51.9 Å². The first-order chi connectivity index (χ1) is 10.1. The summed E-state index contributed by atoms with van der Waals surface area (Å²) < 4.78 is 2.05. The summed E-state index contributed by atoms with van der Waals surface area (Å²) >= 11 is 3.40. The number of nitrogens with zero attached hydrogens (tertiary/aromatic N) is 2. The fourth-order valence-electron chi connectivity index (χ4n) is 2.18. The number of nitrogens with one attached hydrogen (secondary N) is 1. The standard InChI is InChI=1S/C15H16BrN3O2/c1-3-4-8-13(14(20)17-2)19-15(21)10-6-5-7-12(16)11(10)9-18-19/h3,5-7,9,13H,1,4,8H2,2H3,(H,17,20). The topological polar surface area (TPSA) is 64.0 Å². The molecule has 0 saturated heterocycles. The lowest BCUT2D eigenvalue weighted by Gasteiger charge is -2.17. The Morgan fingerprint density at radius 2 is 2.29 bits per heavy atom. The third-order valence-electron chi connectivity index (χ3n) is 3.29. The molecule has 2 rings (SSSR count).